The van der Waals surface area contributed by atoms with Crippen molar-refractivity contribution in [2.75, 3.05) is 26.9 Å². The quantitative estimate of drug-likeness (QED) is 0.238. The van der Waals surface area contributed by atoms with E-state index in [9.17, 15) is 29.5 Å². The SMILES string of the molecule is CCOC(=O)C1CCCN1P(=O)(Oc1ccc(OC)cc1)O[C@@H]1[C@H](O)[C@@H](CO)O[C@H](O)[C@@H]1NC(C)=O. The summed E-state index contributed by atoms with van der Waals surface area (Å²) in [6.45, 7) is 2.39. The number of aliphatic hydroxyl groups is 3. The summed E-state index contributed by atoms with van der Waals surface area (Å²) in [5, 5.41) is 33.3. The van der Waals surface area contributed by atoms with Crippen molar-refractivity contribution < 1.29 is 52.7 Å². The Morgan fingerprint density at radius 2 is 1.89 bits per heavy atom. The standard InChI is InChI=1S/C22H33N2O11P/c1-4-32-21(28)16-6-5-11-24(16)36(30,34-15-9-7-14(31-3)8-10-15)35-20-18(23-13(2)26)22(29)33-17(12-25)19(20)27/h7-10,16-20,22,25,27,29H,4-6,11-12H2,1-3H3,(H,23,26)/t16?,17-,18-,19-,20+,22+,36?/m1/s1. The number of nitrogens with one attached hydrogen (secondary N) is 1. The molecule has 1 amide bonds. The Kier molecular flexibility index (Phi) is 9.70. The summed E-state index contributed by atoms with van der Waals surface area (Å²) >= 11 is 0. The predicted molar refractivity (Wildman–Crippen MR) is 124 cm³/mol. The molecule has 36 heavy (non-hydrogen) atoms. The largest absolute Gasteiger partial charge is 0.497 e. The number of hydrogen-bond donors (Lipinski definition) is 4. The molecular formula is C22H33N2O11P. The number of amides is 1. The van der Waals surface area contributed by atoms with E-state index in [0.29, 0.717) is 18.6 Å². The highest BCUT2D eigenvalue weighted by Crippen LogP contribution is 2.57. The predicted octanol–water partition coefficient (Wildman–Crippen LogP) is 0.170. The molecule has 202 valence electrons. The molecule has 0 radical (unpaired) electrons. The van der Waals surface area contributed by atoms with Crippen LogP contribution in [0.4, 0.5) is 0 Å². The van der Waals surface area contributed by atoms with Gasteiger partial charge in [-0.15, -0.1) is 0 Å². The van der Waals surface area contributed by atoms with E-state index < -0.39 is 62.9 Å². The van der Waals surface area contributed by atoms with Gasteiger partial charge in [0.2, 0.25) is 5.91 Å². The van der Waals surface area contributed by atoms with E-state index in [1.807, 2.05) is 0 Å². The molecule has 2 fully saturated rings. The monoisotopic (exact) mass is 532 g/mol. The van der Waals surface area contributed by atoms with Crippen LogP contribution in [0.15, 0.2) is 24.3 Å². The number of esters is 1. The molecular weight excluding hydrogens is 499 g/mol. The molecule has 4 N–H and O–H groups in total. The van der Waals surface area contributed by atoms with Crippen LogP contribution in [0.2, 0.25) is 0 Å². The van der Waals surface area contributed by atoms with Crippen LogP contribution < -0.4 is 14.6 Å². The maximum atomic E-state index is 14.4. The number of rotatable bonds is 10. The summed E-state index contributed by atoms with van der Waals surface area (Å²) in [5.41, 5.74) is 0. The second kappa shape index (κ2) is 12.3. The highest BCUT2D eigenvalue weighted by Gasteiger charge is 2.53. The van der Waals surface area contributed by atoms with Crippen LogP contribution in [-0.4, -0.2) is 95.4 Å². The van der Waals surface area contributed by atoms with Crippen molar-refractivity contribution in [3.63, 3.8) is 0 Å². The molecule has 13 nitrogen and oxygen atoms in total. The Bertz CT molecular complexity index is 946. The zero-order valence-corrected chi connectivity index (χ0v) is 21.2. The van der Waals surface area contributed by atoms with E-state index in [0.717, 1.165) is 0 Å². The summed E-state index contributed by atoms with van der Waals surface area (Å²) < 4.78 is 42.9. The number of carbonyl (C=O) groups is 2. The Labute approximate surface area is 208 Å². The molecule has 2 saturated heterocycles. The summed E-state index contributed by atoms with van der Waals surface area (Å²) in [6, 6.07) is 3.80. The average molecular weight is 532 g/mol. The molecule has 3 rings (SSSR count). The maximum absolute atomic E-state index is 14.4. The molecule has 0 bridgehead atoms. The summed E-state index contributed by atoms with van der Waals surface area (Å²) in [5.74, 6) is -0.563. The zero-order chi connectivity index (χ0) is 26.5. The average Bonchev–Trinajstić information content (AvgIpc) is 3.35. The molecule has 1 aromatic carbocycles. The van der Waals surface area contributed by atoms with Crippen LogP contribution in [0, 0.1) is 0 Å². The first-order chi connectivity index (χ1) is 17.1. The first kappa shape index (κ1) is 28.3. The Morgan fingerprint density at radius 3 is 2.47 bits per heavy atom. The van der Waals surface area contributed by atoms with Crippen molar-refractivity contribution in [3.05, 3.63) is 24.3 Å². The van der Waals surface area contributed by atoms with Gasteiger partial charge in [0.05, 0.1) is 20.3 Å². The number of aliphatic hydroxyl groups excluding tert-OH is 3. The van der Waals surface area contributed by atoms with Crippen LogP contribution in [0.25, 0.3) is 0 Å². The van der Waals surface area contributed by atoms with Crippen LogP contribution in [-0.2, 0) is 28.2 Å². The highest BCUT2D eigenvalue weighted by molar-refractivity contribution is 7.51. The lowest BCUT2D eigenvalue weighted by Crippen LogP contribution is -2.64. The van der Waals surface area contributed by atoms with Crippen molar-refractivity contribution in [3.8, 4) is 11.5 Å². The molecule has 2 aliphatic rings. The summed E-state index contributed by atoms with van der Waals surface area (Å²) in [6.07, 6.45) is -5.35. The number of hydrogen-bond acceptors (Lipinski definition) is 11. The topological polar surface area (TPSA) is 173 Å². The fraction of sp³-hybridized carbons (Fsp3) is 0.636. The van der Waals surface area contributed by atoms with Gasteiger partial charge in [-0.3, -0.25) is 14.1 Å². The molecule has 0 aliphatic carbocycles. The minimum atomic E-state index is -4.46. The van der Waals surface area contributed by atoms with E-state index >= 15 is 0 Å². The molecule has 2 aliphatic heterocycles. The van der Waals surface area contributed by atoms with Gasteiger partial charge in [-0.25, -0.2) is 4.57 Å². The Morgan fingerprint density at radius 1 is 1.22 bits per heavy atom. The van der Waals surface area contributed by atoms with E-state index in [1.54, 1.807) is 19.1 Å². The van der Waals surface area contributed by atoms with Crippen LogP contribution in [0.1, 0.15) is 26.7 Å². The molecule has 2 heterocycles. The molecule has 1 aromatic rings. The van der Waals surface area contributed by atoms with Gasteiger partial charge < -0.3 is 39.4 Å². The minimum absolute atomic E-state index is 0.112. The third-order valence-corrected chi connectivity index (χ3v) is 7.94. The molecule has 7 atom stereocenters. The zero-order valence-electron chi connectivity index (χ0n) is 20.3. The highest BCUT2D eigenvalue weighted by atomic mass is 31.2. The van der Waals surface area contributed by atoms with Crippen molar-refractivity contribution in [1.29, 1.82) is 0 Å². The summed E-state index contributed by atoms with van der Waals surface area (Å²) in [7, 11) is -2.98. The van der Waals surface area contributed by atoms with Crippen LogP contribution in [0.5, 0.6) is 11.5 Å². The van der Waals surface area contributed by atoms with Gasteiger partial charge in [-0.05, 0) is 44.0 Å². The van der Waals surface area contributed by atoms with Gasteiger partial charge in [0.1, 0.15) is 41.9 Å². The smallest absolute Gasteiger partial charge is 0.462 e. The lowest BCUT2D eigenvalue weighted by atomic mass is 9.97. The minimum Gasteiger partial charge on any atom is -0.497 e. The van der Waals surface area contributed by atoms with Gasteiger partial charge >= 0.3 is 13.7 Å². The second-order valence-corrected chi connectivity index (χ2v) is 10.2. The summed E-state index contributed by atoms with van der Waals surface area (Å²) in [4.78, 5) is 24.4. The first-order valence-corrected chi connectivity index (χ1v) is 13.1. The number of carbonyl (C=O) groups excluding carboxylic acids is 2. The lowest BCUT2D eigenvalue weighted by molar-refractivity contribution is -0.250. The molecule has 2 unspecified atom stereocenters. The molecule has 0 spiro atoms. The molecule has 0 aromatic heterocycles. The number of nitrogens with zero attached hydrogens (tertiary/aromatic N) is 1. The van der Waals surface area contributed by atoms with Gasteiger partial charge in [0.15, 0.2) is 6.29 Å². The van der Waals surface area contributed by atoms with Crippen LogP contribution >= 0.6 is 7.75 Å². The number of methoxy groups -OCH3 is 1. The molecule has 0 saturated carbocycles. The van der Waals surface area contributed by atoms with E-state index in [2.05, 4.69) is 5.32 Å². The van der Waals surface area contributed by atoms with E-state index in [-0.39, 0.29) is 18.9 Å². The van der Waals surface area contributed by atoms with Gasteiger partial charge in [-0.1, -0.05) is 0 Å². The second-order valence-electron chi connectivity index (χ2n) is 8.34. The Hall–Kier alpha value is -2.25. The van der Waals surface area contributed by atoms with E-state index in [4.69, 9.17) is 23.3 Å². The van der Waals surface area contributed by atoms with Crippen molar-refractivity contribution in [2.45, 2.75) is 63.4 Å². The maximum Gasteiger partial charge on any atom is 0.462 e. The fourth-order valence-electron chi connectivity index (χ4n) is 4.18. The lowest BCUT2D eigenvalue weighted by Gasteiger charge is -2.44. The first-order valence-electron chi connectivity index (χ1n) is 11.6. The van der Waals surface area contributed by atoms with Gasteiger partial charge in [-0.2, -0.15) is 4.67 Å². The van der Waals surface area contributed by atoms with Crippen molar-refractivity contribution >= 4 is 19.6 Å². The van der Waals surface area contributed by atoms with Crippen molar-refractivity contribution in [2.24, 2.45) is 0 Å². The number of benzene rings is 1. The van der Waals surface area contributed by atoms with Gasteiger partial charge in [0, 0.05) is 13.5 Å². The van der Waals surface area contributed by atoms with Crippen molar-refractivity contribution in [1.82, 2.24) is 9.99 Å². The van der Waals surface area contributed by atoms with E-state index in [1.165, 1.54) is 30.8 Å². The van der Waals surface area contributed by atoms with Gasteiger partial charge in [0.25, 0.3) is 0 Å². The number of ether oxygens (including phenoxy) is 3. The molecule has 14 heteroatoms. The third-order valence-electron chi connectivity index (χ3n) is 5.88. The fourth-order valence-corrected chi connectivity index (χ4v) is 6.34. The Balaban J connectivity index is 2.01. The van der Waals surface area contributed by atoms with Crippen LogP contribution in [0.3, 0.4) is 0 Å². The third kappa shape index (κ3) is 6.35. The normalized spacial score (nSPS) is 30.3.